The highest BCUT2D eigenvalue weighted by Crippen LogP contribution is 2.46. The summed E-state index contributed by atoms with van der Waals surface area (Å²) in [5, 5.41) is 9.67. The SMILES string of the molecule is Cc1ccsc1C1C2=C(CC(C)(C)CC2=O)Nc2nc(N)nn21. The number of ketones is 1. The Morgan fingerprint density at radius 1 is 1.43 bits per heavy atom. The number of Topliss-reactive ketones (excluding diaryl/α,β-unsaturated/α-hetero) is 1. The van der Waals surface area contributed by atoms with E-state index in [9.17, 15) is 4.79 Å². The molecular formula is C16H19N5OS. The number of anilines is 2. The summed E-state index contributed by atoms with van der Waals surface area (Å²) in [7, 11) is 0. The summed E-state index contributed by atoms with van der Waals surface area (Å²) in [5.74, 6) is 1.02. The molecule has 1 aliphatic carbocycles. The van der Waals surface area contributed by atoms with Crippen LogP contribution in [0.2, 0.25) is 0 Å². The van der Waals surface area contributed by atoms with Gasteiger partial charge in [-0.3, -0.25) is 4.79 Å². The third-order valence-electron chi connectivity index (χ3n) is 4.50. The summed E-state index contributed by atoms with van der Waals surface area (Å²) in [6.45, 7) is 6.30. The summed E-state index contributed by atoms with van der Waals surface area (Å²) in [6.07, 6.45) is 1.37. The van der Waals surface area contributed by atoms with Crippen LogP contribution in [-0.2, 0) is 4.79 Å². The van der Waals surface area contributed by atoms with E-state index < -0.39 is 0 Å². The Hall–Kier alpha value is -2.15. The zero-order chi connectivity index (χ0) is 16.4. The van der Waals surface area contributed by atoms with Crippen LogP contribution in [-0.4, -0.2) is 20.5 Å². The first-order valence-electron chi connectivity index (χ1n) is 7.65. The van der Waals surface area contributed by atoms with Crippen molar-refractivity contribution in [2.24, 2.45) is 5.41 Å². The minimum absolute atomic E-state index is 0.0499. The summed E-state index contributed by atoms with van der Waals surface area (Å²) < 4.78 is 1.75. The van der Waals surface area contributed by atoms with Crippen LogP contribution in [0.15, 0.2) is 22.7 Å². The number of aromatic nitrogens is 3. The van der Waals surface area contributed by atoms with E-state index in [1.54, 1.807) is 16.0 Å². The second-order valence-electron chi connectivity index (χ2n) is 7.07. The van der Waals surface area contributed by atoms with E-state index in [1.807, 2.05) is 5.38 Å². The van der Waals surface area contributed by atoms with Gasteiger partial charge in [-0.2, -0.15) is 4.98 Å². The molecule has 6 nitrogen and oxygen atoms in total. The van der Waals surface area contributed by atoms with Gasteiger partial charge in [-0.15, -0.1) is 16.4 Å². The zero-order valence-electron chi connectivity index (χ0n) is 13.4. The lowest BCUT2D eigenvalue weighted by atomic mass is 9.73. The molecule has 0 saturated heterocycles. The molecule has 0 aromatic carbocycles. The van der Waals surface area contributed by atoms with Crippen molar-refractivity contribution in [3.8, 4) is 0 Å². The summed E-state index contributed by atoms with van der Waals surface area (Å²) in [5.41, 5.74) is 8.69. The number of nitrogens with one attached hydrogen (secondary N) is 1. The third-order valence-corrected chi connectivity index (χ3v) is 5.57. The molecule has 3 heterocycles. The summed E-state index contributed by atoms with van der Waals surface area (Å²) >= 11 is 1.64. The fourth-order valence-electron chi connectivity index (χ4n) is 3.53. The average Bonchev–Trinajstić information content (AvgIpc) is 2.99. The fourth-order valence-corrected chi connectivity index (χ4v) is 4.55. The molecule has 1 aliphatic heterocycles. The van der Waals surface area contributed by atoms with Gasteiger partial charge in [0, 0.05) is 22.6 Å². The summed E-state index contributed by atoms with van der Waals surface area (Å²) in [6, 6.07) is 1.84. The highest BCUT2D eigenvalue weighted by Gasteiger charge is 2.42. The maximum atomic E-state index is 12.9. The van der Waals surface area contributed by atoms with Crippen molar-refractivity contribution in [3.05, 3.63) is 33.2 Å². The molecule has 0 saturated carbocycles. The number of hydrogen-bond acceptors (Lipinski definition) is 6. The van der Waals surface area contributed by atoms with Gasteiger partial charge in [0.15, 0.2) is 5.78 Å². The highest BCUT2D eigenvalue weighted by atomic mass is 32.1. The van der Waals surface area contributed by atoms with Gasteiger partial charge in [-0.25, -0.2) is 4.68 Å². The van der Waals surface area contributed by atoms with Crippen molar-refractivity contribution in [1.29, 1.82) is 0 Å². The van der Waals surface area contributed by atoms with Crippen LogP contribution >= 0.6 is 11.3 Å². The number of carbonyl (C=O) groups excluding carboxylic acids is 1. The molecule has 2 aliphatic rings. The Kier molecular flexibility index (Phi) is 2.93. The first kappa shape index (κ1) is 14.4. The number of hydrogen-bond donors (Lipinski definition) is 2. The van der Waals surface area contributed by atoms with Crippen molar-refractivity contribution >= 4 is 29.0 Å². The van der Waals surface area contributed by atoms with E-state index in [0.717, 1.165) is 28.1 Å². The Morgan fingerprint density at radius 2 is 2.22 bits per heavy atom. The van der Waals surface area contributed by atoms with Crippen molar-refractivity contribution in [3.63, 3.8) is 0 Å². The number of carbonyl (C=O) groups is 1. The largest absolute Gasteiger partial charge is 0.366 e. The number of nitrogens with zero attached hydrogens (tertiary/aromatic N) is 3. The smallest absolute Gasteiger partial charge is 0.241 e. The number of aryl methyl sites for hydroxylation is 1. The van der Waals surface area contributed by atoms with Crippen LogP contribution in [0.5, 0.6) is 0 Å². The molecule has 7 heteroatoms. The van der Waals surface area contributed by atoms with E-state index in [-0.39, 0.29) is 23.2 Å². The molecule has 0 fully saturated rings. The lowest BCUT2D eigenvalue weighted by Gasteiger charge is -2.38. The molecule has 4 rings (SSSR count). The Balaban J connectivity index is 1.94. The second kappa shape index (κ2) is 4.67. The Bertz CT molecular complexity index is 845. The van der Waals surface area contributed by atoms with Crippen LogP contribution in [0.3, 0.4) is 0 Å². The maximum absolute atomic E-state index is 12.9. The first-order chi connectivity index (χ1) is 10.9. The zero-order valence-corrected chi connectivity index (χ0v) is 14.2. The average molecular weight is 329 g/mol. The quantitative estimate of drug-likeness (QED) is 0.840. The molecule has 3 N–H and O–H groups in total. The predicted octanol–water partition coefficient (Wildman–Crippen LogP) is 2.89. The molecule has 0 amide bonds. The molecule has 0 spiro atoms. The molecule has 2 aromatic heterocycles. The molecule has 1 atom stereocenters. The molecule has 23 heavy (non-hydrogen) atoms. The van der Waals surface area contributed by atoms with Gasteiger partial charge in [0.05, 0.1) is 0 Å². The number of nitrogens with two attached hydrogens (primary N) is 1. The first-order valence-corrected chi connectivity index (χ1v) is 8.53. The molecule has 0 bridgehead atoms. The van der Waals surface area contributed by atoms with Gasteiger partial charge in [0.25, 0.3) is 0 Å². The fraction of sp³-hybridized carbons (Fsp3) is 0.438. The molecule has 0 radical (unpaired) electrons. The number of fused-ring (bicyclic) bond motifs is 1. The summed E-state index contributed by atoms with van der Waals surface area (Å²) in [4.78, 5) is 18.3. The number of rotatable bonds is 1. The van der Waals surface area contributed by atoms with Crippen LogP contribution in [0.1, 0.15) is 43.2 Å². The van der Waals surface area contributed by atoms with Gasteiger partial charge >= 0.3 is 0 Å². The van der Waals surface area contributed by atoms with Gasteiger partial charge in [0.1, 0.15) is 6.04 Å². The van der Waals surface area contributed by atoms with Crippen LogP contribution < -0.4 is 11.1 Å². The van der Waals surface area contributed by atoms with E-state index in [1.165, 1.54) is 0 Å². The Morgan fingerprint density at radius 3 is 2.91 bits per heavy atom. The maximum Gasteiger partial charge on any atom is 0.241 e. The highest BCUT2D eigenvalue weighted by molar-refractivity contribution is 7.10. The topological polar surface area (TPSA) is 85.8 Å². The van der Waals surface area contributed by atoms with Crippen LogP contribution in [0.25, 0.3) is 0 Å². The van der Waals surface area contributed by atoms with Gasteiger partial charge in [-0.1, -0.05) is 13.8 Å². The minimum atomic E-state index is -0.227. The monoisotopic (exact) mass is 329 g/mol. The van der Waals surface area contributed by atoms with Gasteiger partial charge in [-0.05, 0) is 35.8 Å². The second-order valence-corrected chi connectivity index (χ2v) is 8.01. The normalized spacial score (nSPS) is 22.6. The van der Waals surface area contributed by atoms with Crippen LogP contribution in [0.4, 0.5) is 11.9 Å². The number of nitrogen functional groups attached to an aromatic ring is 1. The Labute approximate surface area is 138 Å². The van der Waals surface area contributed by atoms with Crippen molar-refractivity contribution in [2.75, 3.05) is 11.1 Å². The molecular weight excluding hydrogens is 310 g/mol. The lowest BCUT2D eigenvalue weighted by Crippen LogP contribution is -2.36. The number of allylic oxidation sites excluding steroid dienone is 2. The molecule has 120 valence electrons. The minimum Gasteiger partial charge on any atom is -0.366 e. The van der Waals surface area contributed by atoms with Crippen molar-refractivity contribution < 1.29 is 4.79 Å². The molecule has 2 aromatic rings. The van der Waals surface area contributed by atoms with E-state index in [2.05, 4.69) is 42.2 Å². The number of thiophene rings is 1. The van der Waals surface area contributed by atoms with E-state index >= 15 is 0 Å². The van der Waals surface area contributed by atoms with Gasteiger partial charge in [0.2, 0.25) is 11.9 Å². The van der Waals surface area contributed by atoms with E-state index in [4.69, 9.17) is 5.73 Å². The molecule has 1 unspecified atom stereocenters. The third kappa shape index (κ3) is 2.18. The van der Waals surface area contributed by atoms with E-state index in [0.29, 0.717) is 12.4 Å². The van der Waals surface area contributed by atoms with Crippen molar-refractivity contribution in [1.82, 2.24) is 14.8 Å². The van der Waals surface area contributed by atoms with Gasteiger partial charge < -0.3 is 11.1 Å². The standard InChI is InChI=1S/C16H19N5OS/c1-8-4-5-23-13(8)12-11-9(6-16(2,3)7-10(11)22)18-15-19-14(17)20-21(12)15/h4-5,12H,6-7H2,1-3H3,(H3,17,18,19,20). The predicted molar refractivity (Wildman–Crippen MR) is 90.3 cm³/mol. The van der Waals surface area contributed by atoms with Crippen molar-refractivity contribution in [2.45, 2.75) is 39.7 Å². The lowest BCUT2D eigenvalue weighted by molar-refractivity contribution is -0.118. The van der Waals surface area contributed by atoms with Crippen LogP contribution in [0, 0.1) is 12.3 Å².